The Hall–Kier alpha value is -2.87. The molecule has 0 fully saturated rings. The number of nitrogens with zero attached hydrogens (tertiary/aromatic N) is 2. The zero-order valence-corrected chi connectivity index (χ0v) is 22.6. The van der Waals surface area contributed by atoms with Crippen LogP contribution in [0.5, 0.6) is 0 Å². The summed E-state index contributed by atoms with van der Waals surface area (Å²) in [5.41, 5.74) is 3.47. The van der Waals surface area contributed by atoms with E-state index in [9.17, 15) is 18.0 Å². The Morgan fingerprint density at radius 3 is 2.11 bits per heavy atom. The molecule has 0 spiro atoms. The number of hydrogen-bond acceptors (Lipinski definition) is 4. The number of carbonyl (C=O) groups excluding carboxylic acids is 2. The molecule has 1 atom stereocenters. The SMILES string of the molecule is Cc1cc(C)cc(N(CCCC(=O)N(Cc2ccccc2)C(C)C(=O)NCC(C)C)S(C)(=O)=O)c1. The third-order valence-electron chi connectivity index (χ3n) is 5.69. The molecule has 0 heterocycles. The Morgan fingerprint density at radius 1 is 0.971 bits per heavy atom. The minimum absolute atomic E-state index is 0.130. The summed E-state index contributed by atoms with van der Waals surface area (Å²) in [6.45, 7) is 10.6. The van der Waals surface area contributed by atoms with E-state index in [1.54, 1.807) is 11.8 Å². The summed E-state index contributed by atoms with van der Waals surface area (Å²) in [5, 5.41) is 2.91. The van der Waals surface area contributed by atoms with Gasteiger partial charge in [0.15, 0.2) is 0 Å². The average Bonchev–Trinajstić information content (AvgIpc) is 2.77. The maximum Gasteiger partial charge on any atom is 0.242 e. The van der Waals surface area contributed by atoms with Crippen LogP contribution in [0, 0.1) is 19.8 Å². The number of nitrogens with one attached hydrogen (secondary N) is 1. The zero-order valence-electron chi connectivity index (χ0n) is 21.7. The van der Waals surface area contributed by atoms with Crippen molar-refractivity contribution in [2.45, 2.75) is 60.0 Å². The highest BCUT2D eigenvalue weighted by Crippen LogP contribution is 2.22. The molecule has 0 radical (unpaired) electrons. The van der Waals surface area contributed by atoms with E-state index < -0.39 is 16.1 Å². The van der Waals surface area contributed by atoms with Gasteiger partial charge in [-0.15, -0.1) is 0 Å². The van der Waals surface area contributed by atoms with E-state index in [1.807, 2.05) is 76.2 Å². The second-order valence-electron chi connectivity index (χ2n) is 9.61. The van der Waals surface area contributed by atoms with Crippen molar-refractivity contribution in [3.63, 3.8) is 0 Å². The van der Waals surface area contributed by atoms with E-state index in [1.165, 1.54) is 10.6 Å². The Balaban J connectivity index is 2.15. The lowest BCUT2D eigenvalue weighted by molar-refractivity contribution is -0.140. The summed E-state index contributed by atoms with van der Waals surface area (Å²) in [7, 11) is -3.52. The maximum absolute atomic E-state index is 13.3. The van der Waals surface area contributed by atoms with Gasteiger partial charge in [-0.1, -0.05) is 50.2 Å². The molecular formula is C27H39N3O4S. The summed E-state index contributed by atoms with van der Waals surface area (Å²) in [4.78, 5) is 27.6. The molecule has 1 N–H and O–H groups in total. The quantitative estimate of drug-likeness (QED) is 0.476. The summed E-state index contributed by atoms with van der Waals surface area (Å²) in [6.07, 6.45) is 1.64. The van der Waals surface area contributed by atoms with Gasteiger partial charge in [-0.3, -0.25) is 13.9 Å². The largest absolute Gasteiger partial charge is 0.354 e. The molecule has 1 unspecified atom stereocenters. The Morgan fingerprint density at radius 2 is 1.57 bits per heavy atom. The standard InChI is InChI=1S/C27H39N3O4S/c1-20(2)18-28-27(32)23(5)29(19-24-11-8-7-9-12-24)26(31)13-10-14-30(35(6,33)34)25-16-21(3)15-22(4)17-25/h7-9,11-12,15-17,20,23H,10,13-14,18-19H2,1-6H3,(H,28,32). The Labute approximate surface area is 210 Å². The van der Waals surface area contributed by atoms with Gasteiger partial charge in [0.05, 0.1) is 11.9 Å². The van der Waals surface area contributed by atoms with Crippen molar-refractivity contribution in [2.24, 2.45) is 5.92 Å². The number of benzene rings is 2. The van der Waals surface area contributed by atoms with Gasteiger partial charge >= 0.3 is 0 Å². The third-order valence-corrected chi connectivity index (χ3v) is 6.89. The van der Waals surface area contributed by atoms with E-state index in [-0.39, 0.29) is 24.8 Å². The van der Waals surface area contributed by atoms with Gasteiger partial charge in [0, 0.05) is 26.1 Å². The Kier molecular flexibility index (Phi) is 10.3. The van der Waals surface area contributed by atoms with Crippen LogP contribution in [0.2, 0.25) is 0 Å². The van der Waals surface area contributed by atoms with Gasteiger partial charge in [0.25, 0.3) is 0 Å². The summed E-state index contributed by atoms with van der Waals surface area (Å²) in [5.74, 6) is -0.0810. The second-order valence-corrected chi connectivity index (χ2v) is 11.5. The van der Waals surface area contributed by atoms with Crippen molar-refractivity contribution < 1.29 is 18.0 Å². The van der Waals surface area contributed by atoms with Gasteiger partial charge in [0.2, 0.25) is 21.8 Å². The summed E-state index contributed by atoms with van der Waals surface area (Å²) >= 11 is 0. The topological polar surface area (TPSA) is 86.8 Å². The number of anilines is 1. The first kappa shape index (κ1) is 28.4. The zero-order chi connectivity index (χ0) is 26.2. The minimum atomic E-state index is -3.52. The fourth-order valence-electron chi connectivity index (χ4n) is 3.91. The molecule has 8 heteroatoms. The lowest BCUT2D eigenvalue weighted by atomic mass is 10.1. The van der Waals surface area contributed by atoms with Crippen LogP contribution in [-0.2, 0) is 26.2 Å². The molecule has 0 aliphatic rings. The monoisotopic (exact) mass is 501 g/mol. The van der Waals surface area contributed by atoms with Crippen LogP contribution < -0.4 is 9.62 Å². The maximum atomic E-state index is 13.3. The first-order chi connectivity index (χ1) is 16.4. The number of sulfonamides is 1. The van der Waals surface area contributed by atoms with Crippen LogP contribution in [0.4, 0.5) is 5.69 Å². The number of hydrogen-bond donors (Lipinski definition) is 1. The first-order valence-corrected chi connectivity index (χ1v) is 13.9. The predicted molar refractivity (Wildman–Crippen MR) is 142 cm³/mol. The lowest BCUT2D eigenvalue weighted by Crippen LogP contribution is -2.48. The van der Waals surface area contributed by atoms with Crippen LogP contribution in [0.3, 0.4) is 0 Å². The number of amides is 2. The smallest absolute Gasteiger partial charge is 0.242 e. The van der Waals surface area contributed by atoms with Crippen molar-refractivity contribution in [3.05, 3.63) is 65.2 Å². The Bertz CT molecular complexity index is 1080. The van der Waals surface area contributed by atoms with Gasteiger partial charge < -0.3 is 10.2 Å². The van der Waals surface area contributed by atoms with E-state index in [0.29, 0.717) is 31.1 Å². The number of carbonyl (C=O) groups is 2. The van der Waals surface area contributed by atoms with Crippen LogP contribution in [0.15, 0.2) is 48.5 Å². The van der Waals surface area contributed by atoms with Crippen LogP contribution in [0.1, 0.15) is 50.3 Å². The molecule has 35 heavy (non-hydrogen) atoms. The summed E-state index contributed by atoms with van der Waals surface area (Å²) < 4.78 is 26.4. The lowest BCUT2D eigenvalue weighted by Gasteiger charge is -2.29. The first-order valence-electron chi connectivity index (χ1n) is 12.1. The molecular weight excluding hydrogens is 462 g/mol. The van der Waals surface area contributed by atoms with E-state index in [2.05, 4.69) is 5.32 Å². The average molecular weight is 502 g/mol. The van der Waals surface area contributed by atoms with Gasteiger partial charge in [-0.05, 0) is 61.9 Å². The molecule has 2 aromatic rings. The van der Waals surface area contributed by atoms with E-state index >= 15 is 0 Å². The molecule has 2 rings (SSSR count). The molecule has 2 aromatic carbocycles. The van der Waals surface area contributed by atoms with Crippen LogP contribution in [-0.4, -0.2) is 50.5 Å². The molecule has 0 aromatic heterocycles. The van der Waals surface area contributed by atoms with Crippen LogP contribution in [0.25, 0.3) is 0 Å². The fourth-order valence-corrected chi connectivity index (χ4v) is 4.86. The van der Waals surface area contributed by atoms with Crippen molar-refractivity contribution in [2.75, 3.05) is 23.7 Å². The predicted octanol–water partition coefficient (Wildman–Crippen LogP) is 4.04. The third kappa shape index (κ3) is 9.02. The van der Waals surface area contributed by atoms with Crippen molar-refractivity contribution in [1.29, 1.82) is 0 Å². The van der Waals surface area contributed by atoms with Crippen molar-refractivity contribution >= 4 is 27.5 Å². The van der Waals surface area contributed by atoms with Crippen molar-refractivity contribution in [1.82, 2.24) is 10.2 Å². The highest BCUT2D eigenvalue weighted by atomic mass is 32.2. The van der Waals surface area contributed by atoms with Gasteiger partial charge in [-0.2, -0.15) is 0 Å². The molecule has 0 aliphatic carbocycles. The fraction of sp³-hybridized carbons (Fsp3) is 0.481. The van der Waals surface area contributed by atoms with Gasteiger partial charge in [0.1, 0.15) is 6.04 Å². The van der Waals surface area contributed by atoms with Crippen molar-refractivity contribution in [3.8, 4) is 0 Å². The molecule has 192 valence electrons. The van der Waals surface area contributed by atoms with E-state index in [0.717, 1.165) is 16.7 Å². The molecule has 0 saturated carbocycles. The number of rotatable bonds is 12. The molecule has 7 nitrogen and oxygen atoms in total. The van der Waals surface area contributed by atoms with Crippen LogP contribution >= 0.6 is 0 Å². The van der Waals surface area contributed by atoms with E-state index in [4.69, 9.17) is 0 Å². The summed E-state index contributed by atoms with van der Waals surface area (Å²) in [6, 6.07) is 14.5. The second kappa shape index (κ2) is 12.7. The molecule has 0 bridgehead atoms. The molecule has 2 amide bonds. The highest BCUT2D eigenvalue weighted by Gasteiger charge is 2.26. The van der Waals surface area contributed by atoms with Gasteiger partial charge in [-0.25, -0.2) is 8.42 Å². The highest BCUT2D eigenvalue weighted by molar-refractivity contribution is 7.92. The number of aryl methyl sites for hydroxylation is 2. The minimum Gasteiger partial charge on any atom is -0.354 e. The normalized spacial score (nSPS) is 12.3. The molecule has 0 saturated heterocycles. The molecule has 0 aliphatic heterocycles.